The summed E-state index contributed by atoms with van der Waals surface area (Å²) in [7, 11) is -1.81. The normalized spacial score (nSPS) is 14.3. The van der Waals surface area contributed by atoms with Gasteiger partial charge in [-0.25, -0.2) is 8.42 Å². The highest BCUT2D eigenvalue weighted by Crippen LogP contribution is 2.22. The van der Waals surface area contributed by atoms with E-state index in [4.69, 9.17) is 10.5 Å². The topological polar surface area (TPSA) is 69.4 Å². The number of nitrogens with two attached hydrogens (primary N) is 1. The summed E-state index contributed by atoms with van der Waals surface area (Å²) in [6, 6.07) is 5.96. The number of benzene rings is 1. The summed E-state index contributed by atoms with van der Waals surface area (Å²) in [5.74, 6) is 0.581. The first-order chi connectivity index (χ1) is 8.16. The van der Waals surface area contributed by atoms with Crippen LogP contribution in [-0.2, 0) is 9.84 Å². The highest BCUT2D eigenvalue weighted by Gasteiger charge is 2.27. The molecule has 0 amide bonds. The maximum Gasteiger partial charge on any atom is 0.179 e. The average molecular weight is 271 g/mol. The average Bonchev–Trinajstić information content (AvgIpc) is 2.27. The fourth-order valence-electron chi connectivity index (χ4n) is 1.37. The lowest BCUT2D eigenvalue weighted by molar-refractivity contribution is 0.340. The molecule has 2 N–H and O–H groups in total. The van der Waals surface area contributed by atoms with Gasteiger partial charge in [0.05, 0.1) is 17.8 Å². The molecule has 1 rings (SSSR count). The first-order valence-corrected chi connectivity index (χ1v) is 7.44. The molecule has 0 radical (unpaired) electrons. The molecule has 0 aromatic heterocycles. The zero-order chi connectivity index (χ0) is 14.0. The number of rotatable bonds is 4. The van der Waals surface area contributed by atoms with Crippen molar-refractivity contribution in [3.63, 3.8) is 0 Å². The van der Waals surface area contributed by atoms with Crippen molar-refractivity contribution in [3.8, 4) is 5.75 Å². The summed E-state index contributed by atoms with van der Waals surface area (Å²) >= 11 is 0. The van der Waals surface area contributed by atoms with Crippen LogP contribution in [0.2, 0.25) is 0 Å². The highest BCUT2D eigenvalue weighted by atomic mass is 32.2. The second-order valence-corrected chi connectivity index (χ2v) is 7.46. The Morgan fingerprint density at radius 2 is 1.72 bits per heavy atom. The highest BCUT2D eigenvalue weighted by molar-refractivity contribution is 7.91. The van der Waals surface area contributed by atoms with E-state index in [1.807, 2.05) is 20.8 Å². The Balaban J connectivity index is 2.93. The zero-order valence-corrected chi connectivity index (χ0v) is 12.1. The largest absolute Gasteiger partial charge is 0.497 e. The molecule has 0 saturated heterocycles. The van der Waals surface area contributed by atoms with E-state index in [9.17, 15) is 8.42 Å². The summed E-state index contributed by atoms with van der Waals surface area (Å²) in [6.45, 7) is 5.80. The van der Waals surface area contributed by atoms with Crippen LogP contribution >= 0.6 is 0 Å². The third-order valence-corrected chi connectivity index (χ3v) is 4.72. The van der Waals surface area contributed by atoms with Gasteiger partial charge in [0.2, 0.25) is 0 Å². The van der Waals surface area contributed by atoms with Crippen molar-refractivity contribution in [2.75, 3.05) is 12.9 Å². The smallest absolute Gasteiger partial charge is 0.179 e. The molecule has 18 heavy (non-hydrogen) atoms. The Bertz CT molecular complexity index is 486. The molecular formula is C13H21NO3S. The minimum absolute atomic E-state index is 0.0527. The van der Waals surface area contributed by atoms with Crippen LogP contribution in [0.4, 0.5) is 0 Å². The van der Waals surface area contributed by atoms with E-state index in [0.29, 0.717) is 5.75 Å². The number of hydrogen-bond acceptors (Lipinski definition) is 4. The fourth-order valence-corrected chi connectivity index (χ4v) is 3.08. The van der Waals surface area contributed by atoms with Crippen LogP contribution in [0.1, 0.15) is 20.8 Å². The predicted molar refractivity (Wildman–Crippen MR) is 72.5 cm³/mol. The second kappa shape index (κ2) is 5.28. The maximum atomic E-state index is 12.2. The van der Waals surface area contributed by atoms with Crippen LogP contribution in [0.15, 0.2) is 29.2 Å². The van der Waals surface area contributed by atoms with Gasteiger partial charge in [0.25, 0.3) is 0 Å². The molecular weight excluding hydrogens is 250 g/mol. The van der Waals surface area contributed by atoms with Crippen molar-refractivity contribution in [2.24, 2.45) is 11.1 Å². The van der Waals surface area contributed by atoms with E-state index in [1.54, 1.807) is 31.4 Å². The molecule has 5 heteroatoms. The molecule has 1 aromatic carbocycles. The molecule has 1 aromatic rings. The molecule has 0 fully saturated rings. The van der Waals surface area contributed by atoms with Gasteiger partial charge in [-0.05, 0) is 29.7 Å². The third-order valence-electron chi connectivity index (χ3n) is 2.93. The molecule has 0 saturated carbocycles. The van der Waals surface area contributed by atoms with Crippen LogP contribution in [0.3, 0.4) is 0 Å². The van der Waals surface area contributed by atoms with Gasteiger partial charge in [0.1, 0.15) is 5.75 Å². The van der Waals surface area contributed by atoms with Crippen molar-refractivity contribution in [1.29, 1.82) is 0 Å². The Labute approximate surface area is 109 Å². The van der Waals surface area contributed by atoms with Crippen LogP contribution in [-0.4, -0.2) is 27.3 Å². The van der Waals surface area contributed by atoms with E-state index >= 15 is 0 Å². The van der Waals surface area contributed by atoms with E-state index in [-0.39, 0.29) is 16.1 Å². The Morgan fingerprint density at radius 1 is 1.22 bits per heavy atom. The third kappa shape index (κ3) is 3.71. The summed E-state index contributed by atoms with van der Waals surface area (Å²) in [4.78, 5) is 0.281. The lowest BCUT2D eigenvalue weighted by Gasteiger charge is -2.26. The van der Waals surface area contributed by atoms with Crippen molar-refractivity contribution in [1.82, 2.24) is 0 Å². The molecule has 102 valence electrons. The summed E-state index contributed by atoms with van der Waals surface area (Å²) in [5, 5.41) is 0. The summed E-state index contributed by atoms with van der Waals surface area (Å²) in [5.41, 5.74) is 5.69. The van der Waals surface area contributed by atoms with Gasteiger partial charge in [-0.15, -0.1) is 0 Å². The van der Waals surface area contributed by atoms with Crippen LogP contribution < -0.4 is 10.5 Å². The van der Waals surface area contributed by atoms with Gasteiger partial charge >= 0.3 is 0 Å². The summed E-state index contributed by atoms with van der Waals surface area (Å²) < 4.78 is 29.3. The second-order valence-electron chi connectivity index (χ2n) is 5.43. The van der Waals surface area contributed by atoms with Gasteiger partial charge in [0, 0.05) is 6.04 Å². The van der Waals surface area contributed by atoms with Crippen LogP contribution in [0, 0.1) is 5.41 Å². The van der Waals surface area contributed by atoms with Crippen molar-refractivity contribution < 1.29 is 13.2 Å². The SMILES string of the molecule is COc1ccc(S(=O)(=O)CC(N)C(C)(C)C)cc1. The lowest BCUT2D eigenvalue weighted by Crippen LogP contribution is -2.41. The standard InChI is InChI=1S/C13H21NO3S/c1-13(2,3)12(14)9-18(15,16)11-7-5-10(17-4)6-8-11/h5-8,12H,9,14H2,1-4H3. The van der Waals surface area contributed by atoms with Crippen molar-refractivity contribution >= 4 is 9.84 Å². The van der Waals surface area contributed by atoms with Gasteiger partial charge in [-0.1, -0.05) is 20.8 Å². The quantitative estimate of drug-likeness (QED) is 0.907. The van der Waals surface area contributed by atoms with Crippen molar-refractivity contribution in [2.45, 2.75) is 31.7 Å². The van der Waals surface area contributed by atoms with Gasteiger partial charge < -0.3 is 10.5 Å². The molecule has 0 spiro atoms. The lowest BCUT2D eigenvalue weighted by atomic mass is 9.89. The molecule has 1 atom stereocenters. The summed E-state index contributed by atoms with van der Waals surface area (Å²) in [6.07, 6.45) is 0. The van der Waals surface area contributed by atoms with Gasteiger partial charge in [0.15, 0.2) is 9.84 Å². The Kier molecular flexibility index (Phi) is 4.40. The molecule has 0 aliphatic carbocycles. The molecule has 0 aliphatic heterocycles. The van der Waals surface area contributed by atoms with E-state index in [2.05, 4.69) is 0 Å². The number of sulfone groups is 1. The van der Waals surface area contributed by atoms with E-state index < -0.39 is 15.9 Å². The number of ether oxygens (including phenoxy) is 1. The maximum absolute atomic E-state index is 12.2. The Morgan fingerprint density at radius 3 is 2.11 bits per heavy atom. The minimum atomic E-state index is -3.35. The molecule has 0 bridgehead atoms. The molecule has 0 heterocycles. The first kappa shape index (κ1) is 15.0. The zero-order valence-electron chi connectivity index (χ0n) is 11.3. The van der Waals surface area contributed by atoms with Gasteiger partial charge in [-0.3, -0.25) is 0 Å². The number of methoxy groups -OCH3 is 1. The van der Waals surface area contributed by atoms with Gasteiger partial charge in [-0.2, -0.15) is 0 Å². The number of hydrogen-bond donors (Lipinski definition) is 1. The molecule has 4 nitrogen and oxygen atoms in total. The monoisotopic (exact) mass is 271 g/mol. The molecule has 0 aliphatic rings. The van der Waals surface area contributed by atoms with E-state index in [0.717, 1.165) is 0 Å². The molecule has 1 unspecified atom stereocenters. The van der Waals surface area contributed by atoms with Crippen LogP contribution in [0.5, 0.6) is 5.75 Å². The first-order valence-electron chi connectivity index (χ1n) is 5.79. The van der Waals surface area contributed by atoms with E-state index in [1.165, 1.54) is 0 Å². The Hall–Kier alpha value is -1.07. The van der Waals surface area contributed by atoms with Crippen LogP contribution in [0.25, 0.3) is 0 Å². The fraction of sp³-hybridized carbons (Fsp3) is 0.538. The minimum Gasteiger partial charge on any atom is -0.497 e. The predicted octanol–water partition coefficient (Wildman–Crippen LogP) is 1.84. The van der Waals surface area contributed by atoms with Crippen molar-refractivity contribution in [3.05, 3.63) is 24.3 Å².